The van der Waals surface area contributed by atoms with E-state index in [1.807, 2.05) is 19.2 Å². The molecule has 1 aliphatic rings. The van der Waals surface area contributed by atoms with Crippen LogP contribution in [0.5, 0.6) is 5.75 Å². The number of nitrogens with one attached hydrogen (secondary N) is 1. The summed E-state index contributed by atoms with van der Waals surface area (Å²) in [4.78, 5) is 2.64. The molecule has 0 aliphatic carbocycles. The number of benzene rings is 1. The van der Waals surface area contributed by atoms with Gasteiger partial charge in [-0.3, -0.25) is 4.90 Å². The fraction of sp³-hybridized carbons (Fsp3) is 0.667. The van der Waals surface area contributed by atoms with Crippen LogP contribution in [0.4, 0.5) is 0 Å². The first-order valence-electron chi connectivity index (χ1n) is 8.24. The molecule has 1 fully saturated rings. The van der Waals surface area contributed by atoms with Gasteiger partial charge in [-0.25, -0.2) is 0 Å². The highest BCUT2D eigenvalue weighted by Gasteiger charge is 2.34. The first kappa shape index (κ1) is 16.3. The largest absolute Gasteiger partial charge is 0.508 e. The Bertz CT molecular complexity index is 437. The number of likely N-dealkylation sites (tertiary alicyclic amines) is 1. The van der Waals surface area contributed by atoms with Crippen LogP contribution < -0.4 is 5.32 Å². The highest BCUT2D eigenvalue weighted by atomic mass is 16.3. The van der Waals surface area contributed by atoms with E-state index in [0.717, 1.165) is 6.42 Å². The van der Waals surface area contributed by atoms with E-state index in [1.54, 1.807) is 6.07 Å². The standard InChI is InChI=1S/C18H30N2O/c1-18(2,20-11-6-4-5-7-12-20)17(19-3)14-15-9-8-10-16(21)13-15/h8-10,13,17,19,21H,4-7,11-12,14H2,1-3H3. The Morgan fingerprint density at radius 3 is 2.43 bits per heavy atom. The van der Waals surface area contributed by atoms with Gasteiger partial charge in [0.1, 0.15) is 5.75 Å². The predicted molar refractivity (Wildman–Crippen MR) is 88.8 cm³/mol. The lowest BCUT2D eigenvalue weighted by Gasteiger charge is -2.44. The van der Waals surface area contributed by atoms with Crippen LogP contribution in [0.15, 0.2) is 24.3 Å². The van der Waals surface area contributed by atoms with Gasteiger partial charge in [0.15, 0.2) is 0 Å². The molecule has 1 saturated heterocycles. The summed E-state index contributed by atoms with van der Waals surface area (Å²) in [5.74, 6) is 0.356. The maximum atomic E-state index is 9.66. The SMILES string of the molecule is CNC(Cc1cccc(O)c1)C(C)(C)N1CCCCCC1. The van der Waals surface area contributed by atoms with E-state index in [0.29, 0.717) is 11.8 Å². The molecule has 3 nitrogen and oxygen atoms in total. The number of phenolic OH excluding ortho intramolecular Hbond substituents is 1. The van der Waals surface area contributed by atoms with Gasteiger partial charge in [0, 0.05) is 11.6 Å². The molecule has 3 heteroatoms. The maximum absolute atomic E-state index is 9.66. The van der Waals surface area contributed by atoms with Gasteiger partial charge in [-0.2, -0.15) is 0 Å². The van der Waals surface area contributed by atoms with Gasteiger partial charge in [-0.05, 0) is 70.9 Å². The average molecular weight is 290 g/mol. The molecule has 1 heterocycles. The third-order valence-corrected chi connectivity index (χ3v) is 4.97. The highest BCUT2D eigenvalue weighted by molar-refractivity contribution is 5.28. The number of hydrogen-bond donors (Lipinski definition) is 2. The highest BCUT2D eigenvalue weighted by Crippen LogP contribution is 2.26. The molecule has 0 aromatic heterocycles. The zero-order valence-electron chi connectivity index (χ0n) is 13.7. The lowest BCUT2D eigenvalue weighted by molar-refractivity contribution is 0.0864. The molecule has 1 atom stereocenters. The fourth-order valence-corrected chi connectivity index (χ4v) is 3.49. The lowest BCUT2D eigenvalue weighted by atomic mass is 9.87. The fourth-order valence-electron chi connectivity index (χ4n) is 3.49. The normalized spacial score (nSPS) is 19.2. The number of aromatic hydroxyl groups is 1. The van der Waals surface area contributed by atoms with Crippen LogP contribution in [0.2, 0.25) is 0 Å². The van der Waals surface area contributed by atoms with E-state index >= 15 is 0 Å². The van der Waals surface area contributed by atoms with Gasteiger partial charge in [-0.1, -0.05) is 25.0 Å². The zero-order chi connectivity index (χ0) is 15.3. The first-order chi connectivity index (χ1) is 10.0. The zero-order valence-corrected chi connectivity index (χ0v) is 13.7. The van der Waals surface area contributed by atoms with Gasteiger partial charge in [0.2, 0.25) is 0 Å². The molecular weight excluding hydrogens is 260 g/mol. The van der Waals surface area contributed by atoms with Crippen LogP contribution in [-0.4, -0.2) is 41.7 Å². The molecule has 1 aromatic carbocycles. The molecule has 1 aromatic rings. The third kappa shape index (κ3) is 4.21. The second kappa shape index (κ2) is 7.28. The Balaban J connectivity index is 2.10. The van der Waals surface area contributed by atoms with E-state index in [4.69, 9.17) is 0 Å². The molecule has 2 rings (SSSR count). The molecule has 0 saturated carbocycles. The Morgan fingerprint density at radius 2 is 1.86 bits per heavy atom. The summed E-state index contributed by atoms with van der Waals surface area (Å²) in [7, 11) is 2.05. The van der Waals surface area contributed by atoms with Crippen LogP contribution in [0.25, 0.3) is 0 Å². The van der Waals surface area contributed by atoms with Gasteiger partial charge in [0.25, 0.3) is 0 Å². The van der Waals surface area contributed by atoms with E-state index in [1.165, 1.54) is 44.3 Å². The van der Waals surface area contributed by atoms with Crippen LogP contribution in [0.1, 0.15) is 45.1 Å². The topological polar surface area (TPSA) is 35.5 Å². The second-order valence-electron chi connectivity index (χ2n) is 6.77. The van der Waals surface area contributed by atoms with E-state index in [-0.39, 0.29) is 5.54 Å². The number of nitrogens with zero attached hydrogens (tertiary/aromatic N) is 1. The monoisotopic (exact) mass is 290 g/mol. The van der Waals surface area contributed by atoms with E-state index in [2.05, 4.69) is 30.1 Å². The van der Waals surface area contributed by atoms with Crippen molar-refractivity contribution in [3.8, 4) is 5.75 Å². The van der Waals surface area contributed by atoms with Crippen molar-refractivity contribution < 1.29 is 5.11 Å². The Morgan fingerprint density at radius 1 is 1.19 bits per heavy atom. The Labute approximate surface area is 129 Å². The van der Waals surface area contributed by atoms with Gasteiger partial charge >= 0.3 is 0 Å². The molecule has 0 bridgehead atoms. The number of rotatable bonds is 5. The van der Waals surface area contributed by atoms with Crippen molar-refractivity contribution in [3.63, 3.8) is 0 Å². The number of phenols is 1. The van der Waals surface area contributed by atoms with Crippen LogP contribution in [-0.2, 0) is 6.42 Å². The minimum absolute atomic E-state index is 0.116. The smallest absolute Gasteiger partial charge is 0.115 e. The van der Waals surface area contributed by atoms with Gasteiger partial charge < -0.3 is 10.4 Å². The van der Waals surface area contributed by atoms with Gasteiger partial charge in [0.05, 0.1) is 0 Å². The van der Waals surface area contributed by atoms with E-state index < -0.39 is 0 Å². The summed E-state index contributed by atoms with van der Waals surface area (Å²) >= 11 is 0. The summed E-state index contributed by atoms with van der Waals surface area (Å²) in [6.07, 6.45) is 6.29. The van der Waals surface area contributed by atoms with Crippen molar-refractivity contribution in [2.75, 3.05) is 20.1 Å². The maximum Gasteiger partial charge on any atom is 0.115 e. The second-order valence-corrected chi connectivity index (χ2v) is 6.77. The molecule has 1 aliphatic heterocycles. The molecule has 0 spiro atoms. The van der Waals surface area contributed by atoms with Crippen LogP contribution in [0, 0.1) is 0 Å². The third-order valence-electron chi connectivity index (χ3n) is 4.97. The summed E-state index contributed by atoms with van der Waals surface area (Å²) in [5, 5.41) is 13.2. The molecule has 0 radical (unpaired) electrons. The van der Waals surface area contributed by atoms with Gasteiger partial charge in [-0.15, -0.1) is 0 Å². The predicted octanol–water partition coefficient (Wildman–Crippen LogP) is 3.18. The van der Waals surface area contributed by atoms with Crippen LogP contribution >= 0.6 is 0 Å². The van der Waals surface area contributed by atoms with Crippen molar-refractivity contribution in [1.82, 2.24) is 10.2 Å². The average Bonchev–Trinajstić information content (AvgIpc) is 2.74. The molecule has 0 amide bonds. The quantitative estimate of drug-likeness (QED) is 0.874. The number of likely N-dealkylation sites (N-methyl/N-ethyl adjacent to an activating group) is 1. The van der Waals surface area contributed by atoms with Crippen molar-refractivity contribution >= 4 is 0 Å². The lowest BCUT2D eigenvalue weighted by Crippen LogP contribution is -2.58. The number of hydrogen-bond acceptors (Lipinski definition) is 3. The van der Waals surface area contributed by atoms with E-state index in [9.17, 15) is 5.11 Å². The molecule has 1 unspecified atom stereocenters. The van der Waals surface area contributed by atoms with Crippen molar-refractivity contribution in [2.45, 2.75) is 57.5 Å². The Kier molecular flexibility index (Phi) is 5.65. The first-order valence-corrected chi connectivity index (χ1v) is 8.24. The van der Waals surface area contributed by atoms with Crippen molar-refractivity contribution in [3.05, 3.63) is 29.8 Å². The summed E-state index contributed by atoms with van der Waals surface area (Å²) in [6, 6.07) is 8.01. The molecule has 118 valence electrons. The minimum atomic E-state index is 0.116. The molecular formula is C18H30N2O. The van der Waals surface area contributed by atoms with Crippen molar-refractivity contribution in [1.29, 1.82) is 0 Å². The Hall–Kier alpha value is -1.06. The summed E-state index contributed by atoms with van der Waals surface area (Å²) in [5.41, 5.74) is 1.31. The van der Waals surface area contributed by atoms with Crippen LogP contribution in [0.3, 0.4) is 0 Å². The van der Waals surface area contributed by atoms with Crippen molar-refractivity contribution in [2.24, 2.45) is 0 Å². The minimum Gasteiger partial charge on any atom is -0.508 e. The summed E-state index contributed by atoms with van der Waals surface area (Å²) in [6.45, 7) is 7.10. The molecule has 21 heavy (non-hydrogen) atoms. The summed E-state index contributed by atoms with van der Waals surface area (Å²) < 4.78 is 0. The molecule has 2 N–H and O–H groups in total.